The SMILES string of the molecule is O=C(CCn1cccn1)NC[C@@H]1CCO[C@H]1c1ccc(F)cc1. The predicted octanol–water partition coefficient (Wildman–Crippen LogP) is 2.31. The summed E-state index contributed by atoms with van der Waals surface area (Å²) in [6.07, 6.45) is 4.74. The number of nitrogens with one attached hydrogen (secondary N) is 1. The topological polar surface area (TPSA) is 56.2 Å². The van der Waals surface area contributed by atoms with Gasteiger partial charge in [-0.3, -0.25) is 9.48 Å². The van der Waals surface area contributed by atoms with Gasteiger partial charge in [0.1, 0.15) is 5.82 Å². The Morgan fingerprint density at radius 2 is 2.22 bits per heavy atom. The molecule has 2 heterocycles. The van der Waals surface area contributed by atoms with Gasteiger partial charge in [0.2, 0.25) is 5.91 Å². The van der Waals surface area contributed by atoms with Gasteiger partial charge in [0.05, 0.1) is 6.10 Å². The van der Waals surface area contributed by atoms with Crippen molar-refractivity contribution in [3.63, 3.8) is 0 Å². The van der Waals surface area contributed by atoms with E-state index in [1.54, 1.807) is 23.0 Å². The first-order valence-electron chi connectivity index (χ1n) is 7.83. The van der Waals surface area contributed by atoms with Gasteiger partial charge in [0.25, 0.3) is 0 Å². The number of benzene rings is 1. The maximum absolute atomic E-state index is 13.0. The molecule has 1 amide bonds. The summed E-state index contributed by atoms with van der Waals surface area (Å²) in [5, 5.41) is 7.03. The number of rotatable bonds is 6. The molecule has 3 rings (SSSR count). The third-order valence-corrected chi connectivity index (χ3v) is 4.10. The first-order valence-corrected chi connectivity index (χ1v) is 7.83. The molecule has 2 atom stereocenters. The highest BCUT2D eigenvalue weighted by Gasteiger charge is 2.29. The van der Waals surface area contributed by atoms with Gasteiger partial charge >= 0.3 is 0 Å². The van der Waals surface area contributed by atoms with Gasteiger partial charge < -0.3 is 10.1 Å². The van der Waals surface area contributed by atoms with Crippen LogP contribution in [0.5, 0.6) is 0 Å². The number of hydrogen-bond donors (Lipinski definition) is 1. The minimum absolute atomic E-state index is 0.00487. The maximum Gasteiger partial charge on any atom is 0.221 e. The molecule has 0 aliphatic carbocycles. The number of ether oxygens (including phenoxy) is 1. The van der Waals surface area contributed by atoms with E-state index >= 15 is 0 Å². The average Bonchev–Trinajstić information content (AvgIpc) is 3.23. The Bertz CT molecular complexity index is 628. The lowest BCUT2D eigenvalue weighted by molar-refractivity contribution is -0.121. The van der Waals surface area contributed by atoms with Crippen molar-refractivity contribution >= 4 is 5.91 Å². The van der Waals surface area contributed by atoms with Crippen LogP contribution in [-0.4, -0.2) is 28.8 Å². The number of aromatic nitrogens is 2. The first kappa shape index (κ1) is 15.7. The largest absolute Gasteiger partial charge is 0.373 e. The molecule has 0 bridgehead atoms. The quantitative estimate of drug-likeness (QED) is 0.889. The molecule has 122 valence electrons. The Balaban J connectivity index is 1.48. The Labute approximate surface area is 134 Å². The van der Waals surface area contributed by atoms with Crippen molar-refractivity contribution in [1.29, 1.82) is 0 Å². The Morgan fingerprint density at radius 3 is 2.96 bits per heavy atom. The Morgan fingerprint density at radius 1 is 1.39 bits per heavy atom. The second-order valence-electron chi connectivity index (χ2n) is 5.71. The van der Waals surface area contributed by atoms with Gasteiger partial charge in [-0.25, -0.2) is 4.39 Å². The summed E-state index contributed by atoms with van der Waals surface area (Å²) in [6.45, 7) is 1.80. The first-order chi connectivity index (χ1) is 11.2. The maximum atomic E-state index is 13.0. The van der Waals surface area contributed by atoms with Crippen molar-refractivity contribution < 1.29 is 13.9 Å². The fraction of sp³-hybridized carbons (Fsp3) is 0.412. The molecule has 1 aromatic heterocycles. The third-order valence-electron chi connectivity index (χ3n) is 4.10. The van der Waals surface area contributed by atoms with E-state index in [0.29, 0.717) is 26.1 Å². The Kier molecular flexibility index (Phi) is 5.02. The normalized spacial score (nSPS) is 20.6. The van der Waals surface area contributed by atoms with Crippen LogP contribution in [-0.2, 0) is 16.1 Å². The molecule has 2 aromatic rings. The zero-order valence-electron chi connectivity index (χ0n) is 12.8. The summed E-state index contributed by atoms with van der Waals surface area (Å²) >= 11 is 0. The van der Waals surface area contributed by atoms with E-state index in [1.807, 2.05) is 12.3 Å². The van der Waals surface area contributed by atoms with Crippen LogP contribution in [0.2, 0.25) is 0 Å². The number of carbonyl (C=O) groups is 1. The third kappa shape index (κ3) is 4.16. The summed E-state index contributed by atoms with van der Waals surface area (Å²) in [6, 6.07) is 8.21. The van der Waals surface area contributed by atoms with E-state index in [9.17, 15) is 9.18 Å². The fourth-order valence-electron chi connectivity index (χ4n) is 2.85. The molecule has 0 radical (unpaired) electrons. The molecule has 0 unspecified atom stereocenters. The molecule has 1 N–H and O–H groups in total. The number of halogens is 1. The molecule has 1 saturated heterocycles. The minimum Gasteiger partial charge on any atom is -0.373 e. The van der Waals surface area contributed by atoms with Crippen molar-refractivity contribution in [2.75, 3.05) is 13.2 Å². The lowest BCUT2D eigenvalue weighted by Crippen LogP contribution is -2.31. The van der Waals surface area contributed by atoms with Crippen LogP contribution in [0, 0.1) is 11.7 Å². The van der Waals surface area contributed by atoms with Crippen molar-refractivity contribution in [1.82, 2.24) is 15.1 Å². The summed E-state index contributed by atoms with van der Waals surface area (Å²) < 4.78 is 20.5. The average molecular weight is 317 g/mol. The van der Waals surface area contributed by atoms with E-state index in [2.05, 4.69) is 10.4 Å². The van der Waals surface area contributed by atoms with E-state index in [0.717, 1.165) is 12.0 Å². The number of aryl methyl sites for hydroxylation is 1. The highest BCUT2D eigenvalue weighted by molar-refractivity contribution is 5.75. The molecule has 1 fully saturated rings. The molecule has 23 heavy (non-hydrogen) atoms. The van der Waals surface area contributed by atoms with Crippen LogP contribution < -0.4 is 5.32 Å². The zero-order chi connectivity index (χ0) is 16.1. The molecule has 0 saturated carbocycles. The van der Waals surface area contributed by atoms with E-state index in [1.165, 1.54) is 12.1 Å². The summed E-state index contributed by atoms with van der Waals surface area (Å²) in [4.78, 5) is 11.9. The monoisotopic (exact) mass is 317 g/mol. The van der Waals surface area contributed by atoms with Crippen LogP contribution >= 0.6 is 0 Å². The minimum atomic E-state index is -0.254. The lowest BCUT2D eigenvalue weighted by Gasteiger charge is -2.19. The number of hydrogen-bond acceptors (Lipinski definition) is 3. The molecule has 5 nitrogen and oxygen atoms in total. The fourth-order valence-corrected chi connectivity index (χ4v) is 2.85. The smallest absolute Gasteiger partial charge is 0.221 e. The van der Waals surface area contributed by atoms with Crippen molar-refractivity contribution in [3.8, 4) is 0 Å². The molecular weight excluding hydrogens is 297 g/mol. The second kappa shape index (κ2) is 7.37. The summed E-state index contributed by atoms with van der Waals surface area (Å²) in [5.74, 6) is -0.0328. The van der Waals surface area contributed by atoms with E-state index in [-0.39, 0.29) is 23.7 Å². The van der Waals surface area contributed by atoms with Crippen LogP contribution in [0.4, 0.5) is 4.39 Å². The van der Waals surface area contributed by atoms with Crippen LogP contribution in [0.3, 0.4) is 0 Å². The summed E-state index contributed by atoms with van der Waals surface area (Å²) in [5.41, 5.74) is 0.958. The van der Waals surface area contributed by atoms with Gasteiger partial charge in [-0.2, -0.15) is 5.10 Å². The summed E-state index contributed by atoms with van der Waals surface area (Å²) in [7, 11) is 0. The predicted molar refractivity (Wildman–Crippen MR) is 83.1 cm³/mol. The van der Waals surface area contributed by atoms with Crippen LogP contribution in [0.1, 0.15) is 24.5 Å². The van der Waals surface area contributed by atoms with Crippen molar-refractivity contribution in [3.05, 3.63) is 54.1 Å². The van der Waals surface area contributed by atoms with Crippen molar-refractivity contribution in [2.24, 2.45) is 5.92 Å². The van der Waals surface area contributed by atoms with Crippen LogP contribution in [0.15, 0.2) is 42.7 Å². The van der Waals surface area contributed by atoms with Gasteiger partial charge in [0, 0.05) is 44.4 Å². The zero-order valence-corrected chi connectivity index (χ0v) is 12.8. The van der Waals surface area contributed by atoms with Crippen molar-refractivity contribution in [2.45, 2.75) is 25.5 Å². The van der Waals surface area contributed by atoms with Gasteiger partial charge in [-0.1, -0.05) is 12.1 Å². The highest BCUT2D eigenvalue weighted by atomic mass is 19.1. The molecule has 6 heteroatoms. The van der Waals surface area contributed by atoms with E-state index < -0.39 is 0 Å². The molecule has 1 aliphatic heterocycles. The van der Waals surface area contributed by atoms with Gasteiger partial charge in [-0.05, 0) is 30.2 Å². The highest BCUT2D eigenvalue weighted by Crippen LogP contribution is 2.34. The number of carbonyl (C=O) groups excluding carboxylic acids is 1. The number of nitrogens with zero attached hydrogens (tertiary/aromatic N) is 2. The second-order valence-corrected chi connectivity index (χ2v) is 5.71. The molecular formula is C17H20FN3O2. The van der Waals surface area contributed by atoms with Gasteiger partial charge in [0.15, 0.2) is 0 Å². The van der Waals surface area contributed by atoms with E-state index in [4.69, 9.17) is 4.74 Å². The van der Waals surface area contributed by atoms with Gasteiger partial charge in [-0.15, -0.1) is 0 Å². The molecule has 1 aromatic carbocycles. The molecule has 1 aliphatic rings. The number of amides is 1. The Hall–Kier alpha value is -2.21. The van der Waals surface area contributed by atoms with Crippen LogP contribution in [0.25, 0.3) is 0 Å². The standard InChI is InChI=1S/C17H20FN3O2/c18-15-4-2-13(3-5-15)17-14(7-11-23-17)12-19-16(22)6-10-21-9-1-8-20-21/h1-5,8-9,14,17H,6-7,10-12H2,(H,19,22)/t14-,17-/m0/s1. The lowest BCUT2D eigenvalue weighted by atomic mass is 9.95. The molecule has 0 spiro atoms.